The van der Waals surface area contributed by atoms with E-state index in [-0.39, 0.29) is 0 Å². The summed E-state index contributed by atoms with van der Waals surface area (Å²) < 4.78 is 0. The number of aromatic nitrogens is 1. The Kier molecular flexibility index (Phi) is 3.45. The van der Waals surface area contributed by atoms with E-state index in [2.05, 4.69) is 4.98 Å². The molecule has 3 N–H and O–H groups in total. The Balaban J connectivity index is 2.41. The third kappa shape index (κ3) is 2.27. The largest absolute Gasteiger partial charge is 0.480 e. The molecule has 18 heavy (non-hydrogen) atoms. The molecule has 0 spiro atoms. The number of aryl methyl sites for hydroxylation is 1. The Morgan fingerprint density at radius 2 is 2.17 bits per heavy atom. The maximum Gasteiger partial charge on any atom is 0.326 e. The quantitative estimate of drug-likeness (QED) is 0.891. The van der Waals surface area contributed by atoms with Crippen LogP contribution >= 0.6 is 11.3 Å². The van der Waals surface area contributed by atoms with Crippen LogP contribution in [-0.2, 0) is 4.79 Å². The highest BCUT2D eigenvalue weighted by Gasteiger charge is 2.18. The van der Waals surface area contributed by atoms with E-state index < -0.39 is 12.0 Å². The third-order valence-electron chi connectivity index (χ3n) is 2.94. The van der Waals surface area contributed by atoms with Crippen LogP contribution < -0.4 is 5.73 Å². The molecule has 0 aliphatic rings. The summed E-state index contributed by atoms with van der Waals surface area (Å²) in [6, 6.07) is 4.93. The molecule has 0 amide bonds. The van der Waals surface area contributed by atoms with Gasteiger partial charge in [-0.05, 0) is 25.0 Å². The molecule has 0 fully saturated rings. The first-order chi connectivity index (χ1) is 8.50. The number of carbonyl (C=O) groups is 1. The number of thiazole rings is 1. The SMILES string of the molecule is Cc1cccc(-c2nc(C(N)C(=O)O)cs2)c1C. The average molecular weight is 262 g/mol. The van der Waals surface area contributed by atoms with Gasteiger partial charge in [-0.15, -0.1) is 11.3 Å². The zero-order valence-electron chi connectivity index (χ0n) is 10.2. The minimum Gasteiger partial charge on any atom is -0.480 e. The van der Waals surface area contributed by atoms with Crippen molar-refractivity contribution in [3.8, 4) is 10.6 Å². The minimum absolute atomic E-state index is 0.406. The number of hydrogen-bond acceptors (Lipinski definition) is 4. The van der Waals surface area contributed by atoms with Crippen LogP contribution in [-0.4, -0.2) is 16.1 Å². The first kappa shape index (κ1) is 12.7. The molecule has 0 radical (unpaired) electrons. The number of benzene rings is 1. The molecule has 0 saturated carbocycles. The lowest BCUT2D eigenvalue weighted by Crippen LogP contribution is -2.20. The number of nitrogens with two attached hydrogens (primary N) is 1. The molecule has 1 heterocycles. The number of nitrogens with zero attached hydrogens (tertiary/aromatic N) is 1. The molecule has 5 heteroatoms. The Morgan fingerprint density at radius 3 is 2.83 bits per heavy atom. The van der Waals surface area contributed by atoms with Gasteiger partial charge < -0.3 is 10.8 Å². The van der Waals surface area contributed by atoms with Gasteiger partial charge in [-0.2, -0.15) is 0 Å². The van der Waals surface area contributed by atoms with E-state index in [9.17, 15) is 4.79 Å². The van der Waals surface area contributed by atoms with E-state index >= 15 is 0 Å². The Labute approximate surface area is 109 Å². The van der Waals surface area contributed by atoms with E-state index in [0.717, 1.165) is 16.1 Å². The highest BCUT2D eigenvalue weighted by Crippen LogP contribution is 2.29. The zero-order chi connectivity index (χ0) is 13.3. The van der Waals surface area contributed by atoms with Crippen LogP contribution in [0.25, 0.3) is 10.6 Å². The van der Waals surface area contributed by atoms with Crippen LogP contribution in [0.4, 0.5) is 0 Å². The molecular formula is C13H14N2O2S. The van der Waals surface area contributed by atoms with Crippen molar-refractivity contribution < 1.29 is 9.90 Å². The normalized spacial score (nSPS) is 12.4. The molecule has 0 aliphatic heterocycles. The fourth-order valence-corrected chi connectivity index (χ4v) is 2.60. The van der Waals surface area contributed by atoms with Crippen LogP contribution in [0.15, 0.2) is 23.6 Å². The van der Waals surface area contributed by atoms with Crippen LogP contribution in [0.5, 0.6) is 0 Å². The van der Waals surface area contributed by atoms with E-state index in [1.165, 1.54) is 16.9 Å². The van der Waals surface area contributed by atoms with E-state index in [1.807, 2.05) is 32.0 Å². The van der Waals surface area contributed by atoms with Crippen LogP contribution in [0.1, 0.15) is 22.9 Å². The lowest BCUT2D eigenvalue weighted by molar-refractivity contribution is -0.138. The topological polar surface area (TPSA) is 76.2 Å². The molecule has 1 unspecified atom stereocenters. The first-order valence-electron chi connectivity index (χ1n) is 5.51. The Morgan fingerprint density at radius 1 is 1.44 bits per heavy atom. The van der Waals surface area contributed by atoms with Gasteiger partial charge in [-0.3, -0.25) is 4.79 Å². The molecule has 0 saturated heterocycles. The van der Waals surface area contributed by atoms with Crippen molar-refractivity contribution in [3.05, 3.63) is 40.4 Å². The van der Waals surface area contributed by atoms with Gasteiger partial charge in [-0.25, -0.2) is 4.98 Å². The molecule has 1 aromatic heterocycles. The Hall–Kier alpha value is -1.72. The van der Waals surface area contributed by atoms with Gasteiger partial charge in [0, 0.05) is 10.9 Å². The van der Waals surface area contributed by atoms with E-state index in [0.29, 0.717) is 5.69 Å². The van der Waals surface area contributed by atoms with Crippen LogP contribution in [0.2, 0.25) is 0 Å². The third-order valence-corrected chi connectivity index (χ3v) is 3.84. The summed E-state index contributed by atoms with van der Waals surface area (Å²) in [6.45, 7) is 4.07. The maximum atomic E-state index is 10.8. The number of hydrogen-bond donors (Lipinski definition) is 2. The summed E-state index contributed by atoms with van der Waals surface area (Å²) in [6.07, 6.45) is 0. The molecule has 2 rings (SSSR count). The predicted octanol–water partition coefficient (Wildman–Crippen LogP) is 2.51. The molecule has 94 valence electrons. The van der Waals surface area contributed by atoms with Crippen molar-refractivity contribution in [1.82, 2.24) is 4.98 Å². The van der Waals surface area contributed by atoms with Gasteiger partial charge in [0.15, 0.2) is 0 Å². The van der Waals surface area contributed by atoms with Gasteiger partial charge >= 0.3 is 5.97 Å². The van der Waals surface area contributed by atoms with Crippen molar-refractivity contribution in [2.75, 3.05) is 0 Å². The van der Waals surface area contributed by atoms with Crippen molar-refractivity contribution in [2.24, 2.45) is 5.73 Å². The molecule has 1 aromatic carbocycles. The lowest BCUT2D eigenvalue weighted by Gasteiger charge is -2.05. The smallest absolute Gasteiger partial charge is 0.326 e. The van der Waals surface area contributed by atoms with Crippen LogP contribution in [0, 0.1) is 13.8 Å². The minimum atomic E-state index is -1.06. The Bertz CT molecular complexity index is 592. The van der Waals surface area contributed by atoms with Crippen molar-refractivity contribution in [1.29, 1.82) is 0 Å². The van der Waals surface area contributed by atoms with Crippen molar-refractivity contribution in [2.45, 2.75) is 19.9 Å². The number of carboxylic acid groups (broad SMARTS) is 1. The monoisotopic (exact) mass is 262 g/mol. The average Bonchev–Trinajstić information content (AvgIpc) is 2.80. The molecular weight excluding hydrogens is 248 g/mol. The number of carboxylic acids is 1. The molecule has 1 atom stereocenters. The van der Waals surface area contributed by atoms with Crippen molar-refractivity contribution in [3.63, 3.8) is 0 Å². The summed E-state index contributed by atoms with van der Waals surface area (Å²) in [5.74, 6) is -1.06. The summed E-state index contributed by atoms with van der Waals surface area (Å²) in [5.41, 5.74) is 9.32. The standard InChI is InChI=1S/C13H14N2O2S/c1-7-4-3-5-9(8(7)2)12-15-10(6-18-12)11(14)13(16)17/h3-6,11H,14H2,1-2H3,(H,16,17). The van der Waals surface area contributed by atoms with Gasteiger partial charge in [0.25, 0.3) is 0 Å². The fraction of sp³-hybridized carbons (Fsp3) is 0.231. The number of rotatable bonds is 3. The molecule has 2 aromatic rings. The van der Waals surface area contributed by atoms with Crippen molar-refractivity contribution >= 4 is 17.3 Å². The second kappa shape index (κ2) is 4.88. The summed E-state index contributed by atoms with van der Waals surface area (Å²) >= 11 is 1.42. The lowest BCUT2D eigenvalue weighted by atomic mass is 10.0. The molecule has 0 aliphatic carbocycles. The summed E-state index contributed by atoms with van der Waals surface area (Å²) in [7, 11) is 0. The number of aliphatic carboxylic acids is 1. The molecule has 0 bridgehead atoms. The first-order valence-corrected chi connectivity index (χ1v) is 6.39. The predicted molar refractivity (Wildman–Crippen MR) is 71.6 cm³/mol. The molecule has 4 nitrogen and oxygen atoms in total. The van der Waals surface area contributed by atoms with Crippen LogP contribution in [0.3, 0.4) is 0 Å². The van der Waals surface area contributed by atoms with Gasteiger partial charge in [0.1, 0.15) is 11.0 Å². The van der Waals surface area contributed by atoms with Gasteiger partial charge in [-0.1, -0.05) is 18.2 Å². The second-order valence-electron chi connectivity index (χ2n) is 4.14. The summed E-state index contributed by atoms with van der Waals surface area (Å²) in [5, 5.41) is 11.4. The highest BCUT2D eigenvalue weighted by molar-refractivity contribution is 7.13. The van der Waals surface area contributed by atoms with E-state index in [1.54, 1.807) is 5.38 Å². The highest BCUT2D eigenvalue weighted by atomic mass is 32.1. The van der Waals surface area contributed by atoms with Gasteiger partial charge in [0.05, 0.1) is 5.69 Å². The zero-order valence-corrected chi connectivity index (χ0v) is 11.0. The maximum absolute atomic E-state index is 10.8. The second-order valence-corrected chi connectivity index (χ2v) is 5.00. The fourth-order valence-electron chi connectivity index (χ4n) is 1.66. The van der Waals surface area contributed by atoms with E-state index in [4.69, 9.17) is 10.8 Å². The van der Waals surface area contributed by atoms with Gasteiger partial charge in [0.2, 0.25) is 0 Å². The summed E-state index contributed by atoms with van der Waals surface area (Å²) in [4.78, 5) is 15.1.